The second-order valence-electron chi connectivity index (χ2n) is 2.78. The average Bonchev–Trinajstić information content (AvgIpc) is 1.95. The first kappa shape index (κ1) is 12.7. The van der Waals surface area contributed by atoms with Gasteiger partial charge in [0.25, 0.3) is 0 Å². The monoisotopic (exact) mass is 228 g/mol. The molecule has 0 heterocycles. The Balaban J connectivity index is 3.98. The van der Waals surface area contributed by atoms with E-state index in [1.165, 1.54) is 6.92 Å². The summed E-state index contributed by atoms with van der Waals surface area (Å²) in [5.74, 6) is -0.782. The molecule has 0 saturated carbocycles. The zero-order chi connectivity index (χ0) is 10.5. The maximum absolute atomic E-state index is 10.7. The molecule has 0 aliphatic carbocycles. The molecular formula is C7H13ClO4S. The van der Waals surface area contributed by atoms with Crippen molar-refractivity contribution in [2.24, 2.45) is 5.92 Å². The molecule has 0 fully saturated rings. The Kier molecular flexibility index (Phi) is 5.32. The third-order valence-electron chi connectivity index (χ3n) is 1.53. The molecule has 4 nitrogen and oxygen atoms in total. The lowest BCUT2D eigenvalue weighted by molar-refractivity contribution is -0.142. The fourth-order valence-electron chi connectivity index (χ4n) is 0.801. The van der Waals surface area contributed by atoms with Crippen LogP contribution in [0.15, 0.2) is 0 Å². The lowest BCUT2D eigenvalue weighted by atomic mass is 10.1. The smallest absolute Gasteiger partial charge is 0.302 e. The predicted octanol–water partition coefficient (Wildman–Crippen LogP) is 1.14. The van der Waals surface area contributed by atoms with Crippen LogP contribution < -0.4 is 0 Å². The van der Waals surface area contributed by atoms with Gasteiger partial charge in [-0.3, -0.25) is 4.79 Å². The highest BCUT2D eigenvalue weighted by Gasteiger charge is 2.16. The summed E-state index contributed by atoms with van der Waals surface area (Å²) < 4.78 is 26.0. The van der Waals surface area contributed by atoms with Gasteiger partial charge in [0.2, 0.25) is 9.05 Å². The van der Waals surface area contributed by atoms with Gasteiger partial charge in [0.05, 0.1) is 12.4 Å². The van der Waals surface area contributed by atoms with Crippen LogP contribution in [0, 0.1) is 5.92 Å². The van der Waals surface area contributed by atoms with E-state index in [0.717, 1.165) is 0 Å². The van der Waals surface area contributed by atoms with Gasteiger partial charge in [0.1, 0.15) is 0 Å². The van der Waals surface area contributed by atoms with Crippen LogP contribution in [0.1, 0.15) is 20.3 Å². The van der Waals surface area contributed by atoms with Gasteiger partial charge in [-0.15, -0.1) is 0 Å². The summed E-state index contributed by atoms with van der Waals surface area (Å²) in [7, 11) is 1.55. The molecule has 0 bridgehead atoms. The number of hydrogen-bond acceptors (Lipinski definition) is 4. The van der Waals surface area contributed by atoms with Crippen molar-refractivity contribution in [3.8, 4) is 0 Å². The molecule has 0 aromatic heterocycles. The van der Waals surface area contributed by atoms with E-state index in [0.29, 0.717) is 6.42 Å². The highest BCUT2D eigenvalue weighted by molar-refractivity contribution is 8.13. The van der Waals surface area contributed by atoms with Crippen molar-refractivity contribution in [2.75, 3.05) is 12.4 Å². The molecule has 6 heteroatoms. The van der Waals surface area contributed by atoms with Gasteiger partial charge >= 0.3 is 5.97 Å². The second-order valence-corrected chi connectivity index (χ2v) is 5.60. The lowest BCUT2D eigenvalue weighted by Gasteiger charge is -2.11. The third kappa shape index (κ3) is 8.05. The number of esters is 1. The molecule has 13 heavy (non-hydrogen) atoms. The number of halogens is 1. The summed E-state index contributed by atoms with van der Waals surface area (Å²) in [5, 5.41) is 0. The summed E-state index contributed by atoms with van der Waals surface area (Å²) >= 11 is 0. The quantitative estimate of drug-likeness (QED) is 0.523. The Morgan fingerprint density at radius 2 is 2.08 bits per heavy atom. The van der Waals surface area contributed by atoms with E-state index in [1.807, 2.05) is 6.92 Å². The minimum Gasteiger partial charge on any atom is -0.466 e. The normalized spacial score (nSPS) is 13.8. The van der Waals surface area contributed by atoms with Gasteiger partial charge < -0.3 is 4.74 Å². The molecule has 0 radical (unpaired) electrons. The lowest BCUT2D eigenvalue weighted by Crippen LogP contribution is -2.18. The Bertz CT molecular complexity index is 260. The summed E-state index contributed by atoms with van der Waals surface area (Å²) in [6, 6.07) is 0. The van der Waals surface area contributed by atoms with Crippen molar-refractivity contribution in [3.05, 3.63) is 0 Å². The minimum atomic E-state index is -3.50. The molecule has 0 N–H and O–H groups in total. The summed E-state index contributed by atoms with van der Waals surface area (Å²) in [4.78, 5) is 10.4. The van der Waals surface area contributed by atoms with E-state index in [9.17, 15) is 13.2 Å². The van der Waals surface area contributed by atoms with Crippen LogP contribution in [0.3, 0.4) is 0 Å². The van der Waals surface area contributed by atoms with Gasteiger partial charge in [-0.25, -0.2) is 8.42 Å². The fourth-order valence-corrected chi connectivity index (χ4v) is 2.23. The molecule has 78 valence electrons. The Hall–Kier alpha value is -0.290. The van der Waals surface area contributed by atoms with Crippen molar-refractivity contribution in [3.63, 3.8) is 0 Å². The number of rotatable bonds is 5. The van der Waals surface area contributed by atoms with Crippen molar-refractivity contribution in [1.29, 1.82) is 0 Å². The molecule has 0 amide bonds. The molecule has 0 aromatic rings. The number of hydrogen-bond donors (Lipinski definition) is 0. The maximum atomic E-state index is 10.7. The third-order valence-corrected chi connectivity index (χ3v) is 2.78. The largest absolute Gasteiger partial charge is 0.466 e. The molecule has 1 unspecified atom stereocenters. The highest BCUT2D eigenvalue weighted by Crippen LogP contribution is 2.10. The van der Waals surface area contributed by atoms with Gasteiger partial charge in [-0.2, -0.15) is 0 Å². The van der Waals surface area contributed by atoms with Crippen molar-refractivity contribution < 1.29 is 17.9 Å². The molecule has 1 atom stereocenters. The number of carbonyl (C=O) groups is 1. The summed E-state index contributed by atoms with van der Waals surface area (Å²) in [5.41, 5.74) is 0. The summed E-state index contributed by atoms with van der Waals surface area (Å²) in [6.07, 6.45) is 0.610. The predicted molar refractivity (Wildman–Crippen MR) is 50.1 cm³/mol. The molecule has 0 aliphatic heterocycles. The highest BCUT2D eigenvalue weighted by atomic mass is 35.7. The fraction of sp³-hybridized carbons (Fsp3) is 0.857. The Morgan fingerprint density at radius 3 is 2.38 bits per heavy atom. The number of ether oxygens (including phenoxy) is 1. The van der Waals surface area contributed by atoms with E-state index in [-0.39, 0.29) is 18.3 Å². The molecule has 0 aliphatic rings. The Labute approximate surface area is 82.6 Å². The van der Waals surface area contributed by atoms with E-state index in [2.05, 4.69) is 4.74 Å². The molecule has 0 saturated heterocycles. The average molecular weight is 229 g/mol. The minimum absolute atomic E-state index is 0.109. The van der Waals surface area contributed by atoms with Gasteiger partial charge in [0, 0.05) is 23.5 Å². The van der Waals surface area contributed by atoms with Crippen LogP contribution in [-0.2, 0) is 18.6 Å². The standard InChI is InChI=1S/C7H13ClO4S/c1-3-7(4-12-6(2)9)5-13(8,10)11/h7H,3-5H2,1-2H3. The van der Waals surface area contributed by atoms with Crippen molar-refractivity contribution >= 4 is 25.7 Å². The van der Waals surface area contributed by atoms with Gasteiger partial charge in [-0.05, 0) is 6.42 Å². The van der Waals surface area contributed by atoms with Crippen LogP contribution in [0.25, 0.3) is 0 Å². The van der Waals surface area contributed by atoms with E-state index in [1.54, 1.807) is 0 Å². The molecule has 0 spiro atoms. The zero-order valence-electron chi connectivity index (χ0n) is 7.62. The SMILES string of the molecule is CCC(COC(C)=O)CS(=O)(=O)Cl. The molecular weight excluding hydrogens is 216 g/mol. The van der Waals surface area contributed by atoms with Crippen LogP contribution in [0.4, 0.5) is 0 Å². The van der Waals surface area contributed by atoms with Crippen LogP contribution in [0.5, 0.6) is 0 Å². The van der Waals surface area contributed by atoms with Crippen molar-refractivity contribution in [2.45, 2.75) is 20.3 Å². The van der Waals surface area contributed by atoms with Gasteiger partial charge in [-0.1, -0.05) is 6.92 Å². The van der Waals surface area contributed by atoms with Crippen LogP contribution >= 0.6 is 10.7 Å². The van der Waals surface area contributed by atoms with Crippen molar-refractivity contribution in [1.82, 2.24) is 0 Å². The van der Waals surface area contributed by atoms with E-state index in [4.69, 9.17) is 10.7 Å². The Morgan fingerprint density at radius 1 is 1.54 bits per heavy atom. The van der Waals surface area contributed by atoms with Gasteiger partial charge in [0.15, 0.2) is 0 Å². The maximum Gasteiger partial charge on any atom is 0.302 e. The van der Waals surface area contributed by atoms with E-state index >= 15 is 0 Å². The van der Waals surface area contributed by atoms with E-state index < -0.39 is 15.0 Å². The van der Waals surface area contributed by atoms with Crippen LogP contribution in [0.2, 0.25) is 0 Å². The first-order valence-corrected chi connectivity index (χ1v) is 6.38. The topological polar surface area (TPSA) is 60.4 Å². The first-order chi connectivity index (χ1) is 5.85. The zero-order valence-corrected chi connectivity index (χ0v) is 9.19. The summed E-state index contributed by atoms with van der Waals surface area (Å²) in [6.45, 7) is 3.20. The molecule has 0 rings (SSSR count). The molecule has 0 aromatic carbocycles. The second kappa shape index (κ2) is 5.44. The first-order valence-electron chi connectivity index (χ1n) is 3.91. The number of carbonyl (C=O) groups excluding carboxylic acids is 1. The van der Waals surface area contributed by atoms with Crippen LogP contribution in [-0.4, -0.2) is 26.7 Å².